The van der Waals surface area contributed by atoms with Gasteiger partial charge in [0.25, 0.3) is 0 Å². The van der Waals surface area contributed by atoms with Gasteiger partial charge in [0.1, 0.15) is 0 Å². The van der Waals surface area contributed by atoms with Crippen molar-refractivity contribution in [3.05, 3.63) is 0 Å². The summed E-state index contributed by atoms with van der Waals surface area (Å²) < 4.78 is 4.86. The van der Waals surface area contributed by atoms with Crippen LogP contribution in [0.25, 0.3) is 0 Å². The summed E-state index contributed by atoms with van der Waals surface area (Å²) in [7, 11) is 0. The molecule has 3 nitrogen and oxygen atoms in total. The van der Waals surface area contributed by atoms with Gasteiger partial charge in [0, 0.05) is 5.88 Å². The Labute approximate surface area is 84.0 Å². The summed E-state index contributed by atoms with van der Waals surface area (Å²) in [5.41, 5.74) is -0.662. The third-order valence-corrected chi connectivity index (χ3v) is 2.11. The number of esters is 1. The third kappa shape index (κ3) is 4.48. The highest BCUT2D eigenvalue weighted by Crippen LogP contribution is 2.24. The molecule has 0 fully saturated rings. The molecule has 78 valence electrons. The lowest BCUT2D eigenvalue weighted by Gasteiger charge is -2.23. The molecule has 0 aromatic carbocycles. The molecular weight excluding hydrogens is 192 g/mol. The topological polar surface area (TPSA) is 46.5 Å². The average Bonchev–Trinajstić information content (AvgIpc) is 2.04. The Bertz CT molecular complexity index is 168. The number of rotatable bonds is 5. The number of hydrogen-bond donors (Lipinski definition) is 1. The molecule has 0 spiro atoms. The second kappa shape index (κ2) is 5.45. The summed E-state index contributed by atoms with van der Waals surface area (Å²) in [5.74, 6) is -0.151. The summed E-state index contributed by atoms with van der Waals surface area (Å²) >= 11 is 5.44. The highest BCUT2D eigenvalue weighted by Gasteiger charge is 2.31. The molecule has 0 saturated heterocycles. The minimum Gasteiger partial charge on any atom is -0.466 e. The highest BCUT2D eigenvalue weighted by molar-refractivity contribution is 6.18. The largest absolute Gasteiger partial charge is 0.466 e. The molecule has 1 unspecified atom stereocenters. The van der Waals surface area contributed by atoms with Gasteiger partial charge in [0.05, 0.1) is 18.1 Å². The van der Waals surface area contributed by atoms with Crippen LogP contribution in [0.2, 0.25) is 0 Å². The van der Waals surface area contributed by atoms with Gasteiger partial charge >= 0.3 is 5.97 Å². The van der Waals surface area contributed by atoms with E-state index in [0.717, 1.165) is 0 Å². The molecule has 0 aliphatic rings. The van der Waals surface area contributed by atoms with Gasteiger partial charge in [0.15, 0.2) is 0 Å². The Morgan fingerprint density at radius 2 is 2.15 bits per heavy atom. The van der Waals surface area contributed by atoms with Crippen LogP contribution in [-0.2, 0) is 9.53 Å². The Morgan fingerprint density at radius 1 is 1.62 bits per heavy atom. The summed E-state index contributed by atoms with van der Waals surface area (Å²) in [6.07, 6.45) is -0.323. The van der Waals surface area contributed by atoms with Crippen LogP contribution in [-0.4, -0.2) is 29.7 Å². The van der Waals surface area contributed by atoms with Crippen LogP contribution in [0.15, 0.2) is 0 Å². The minimum absolute atomic E-state index is 0.142. The molecule has 0 bridgehead atoms. The summed E-state index contributed by atoms with van der Waals surface area (Å²) in [4.78, 5) is 11.3. The standard InChI is InChI=1S/C9H17ClO3/c1-4-13-8(12)9(2,3)5-7(11)6-10/h7,11H,4-6H2,1-3H3. The van der Waals surface area contributed by atoms with Crippen molar-refractivity contribution in [3.63, 3.8) is 0 Å². The molecule has 0 amide bonds. The van der Waals surface area contributed by atoms with Gasteiger partial charge in [-0.25, -0.2) is 0 Å². The second-order valence-electron chi connectivity index (χ2n) is 3.62. The average molecular weight is 209 g/mol. The fraction of sp³-hybridized carbons (Fsp3) is 0.889. The van der Waals surface area contributed by atoms with Crippen LogP contribution in [0, 0.1) is 5.41 Å². The van der Waals surface area contributed by atoms with Crippen molar-refractivity contribution in [1.82, 2.24) is 0 Å². The molecule has 0 rings (SSSR count). The molecule has 0 aliphatic carbocycles. The molecule has 0 radical (unpaired) electrons. The molecule has 1 atom stereocenters. The molecule has 0 saturated carbocycles. The Kier molecular flexibility index (Phi) is 5.33. The number of halogens is 1. The molecule has 0 aromatic rings. The number of hydrogen-bond acceptors (Lipinski definition) is 3. The van der Waals surface area contributed by atoms with E-state index in [4.69, 9.17) is 16.3 Å². The lowest BCUT2D eigenvalue weighted by Crippen LogP contribution is -2.31. The number of carbonyl (C=O) groups is 1. The Hall–Kier alpha value is -0.280. The normalized spacial score (nSPS) is 13.9. The first-order chi connectivity index (χ1) is 5.94. The molecule has 4 heteroatoms. The molecule has 0 heterocycles. The predicted molar refractivity (Wildman–Crippen MR) is 51.8 cm³/mol. The SMILES string of the molecule is CCOC(=O)C(C)(C)CC(O)CCl. The van der Waals surface area contributed by atoms with Crippen molar-refractivity contribution in [1.29, 1.82) is 0 Å². The molecule has 0 aromatic heterocycles. The smallest absolute Gasteiger partial charge is 0.311 e. The Morgan fingerprint density at radius 3 is 2.54 bits per heavy atom. The number of carbonyl (C=O) groups excluding carboxylic acids is 1. The van der Waals surface area contributed by atoms with Crippen molar-refractivity contribution in [2.24, 2.45) is 5.41 Å². The van der Waals surface area contributed by atoms with Crippen LogP contribution in [0.1, 0.15) is 27.2 Å². The van der Waals surface area contributed by atoms with Crippen LogP contribution in [0.4, 0.5) is 0 Å². The highest BCUT2D eigenvalue weighted by atomic mass is 35.5. The number of alkyl halides is 1. The van der Waals surface area contributed by atoms with Crippen molar-refractivity contribution in [3.8, 4) is 0 Å². The van der Waals surface area contributed by atoms with E-state index in [-0.39, 0.29) is 11.8 Å². The first-order valence-corrected chi connectivity index (χ1v) is 4.88. The molecular formula is C9H17ClO3. The number of ether oxygens (including phenoxy) is 1. The Balaban J connectivity index is 4.13. The van der Waals surface area contributed by atoms with E-state index in [1.807, 2.05) is 0 Å². The number of aliphatic hydroxyl groups excluding tert-OH is 1. The van der Waals surface area contributed by atoms with E-state index in [1.54, 1.807) is 20.8 Å². The maximum absolute atomic E-state index is 11.3. The lowest BCUT2D eigenvalue weighted by molar-refractivity contribution is -0.155. The van der Waals surface area contributed by atoms with Gasteiger partial charge in [0.2, 0.25) is 0 Å². The van der Waals surface area contributed by atoms with Gasteiger partial charge < -0.3 is 9.84 Å². The zero-order chi connectivity index (χ0) is 10.5. The van der Waals surface area contributed by atoms with Gasteiger partial charge in [-0.2, -0.15) is 0 Å². The summed E-state index contributed by atoms with van der Waals surface area (Å²) in [5, 5.41) is 9.27. The quantitative estimate of drug-likeness (QED) is 0.551. The number of aliphatic hydroxyl groups is 1. The van der Waals surface area contributed by atoms with Crippen molar-refractivity contribution < 1.29 is 14.6 Å². The monoisotopic (exact) mass is 208 g/mol. The van der Waals surface area contributed by atoms with E-state index in [2.05, 4.69) is 0 Å². The fourth-order valence-electron chi connectivity index (χ4n) is 1.05. The second-order valence-corrected chi connectivity index (χ2v) is 3.93. The van der Waals surface area contributed by atoms with E-state index >= 15 is 0 Å². The summed E-state index contributed by atoms with van der Waals surface area (Å²) in [6.45, 7) is 5.59. The van der Waals surface area contributed by atoms with Gasteiger partial charge in [-0.1, -0.05) is 0 Å². The van der Waals surface area contributed by atoms with Gasteiger partial charge in [-0.3, -0.25) is 4.79 Å². The van der Waals surface area contributed by atoms with Gasteiger partial charge in [-0.05, 0) is 27.2 Å². The zero-order valence-electron chi connectivity index (χ0n) is 8.34. The molecule has 1 N–H and O–H groups in total. The van der Waals surface area contributed by atoms with E-state index in [1.165, 1.54) is 0 Å². The zero-order valence-corrected chi connectivity index (χ0v) is 9.10. The van der Waals surface area contributed by atoms with Crippen molar-refractivity contribution in [2.75, 3.05) is 12.5 Å². The third-order valence-electron chi connectivity index (χ3n) is 1.75. The predicted octanol–water partition coefficient (Wildman–Crippen LogP) is 1.57. The maximum Gasteiger partial charge on any atom is 0.311 e. The van der Waals surface area contributed by atoms with Gasteiger partial charge in [-0.15, -0.1) is 11.6 Å². The van der Waals surface area contributed by atoms with Crippen LogP contribution in [0.5, 0.6) is 0 Å². The first-order valence-electron chi connectivity index (χ1n) is 4.35. The van der Waals surface area contributed by atoms with Crippen LogP contribution >= 0.6 is 11.6 Å². The fourth-order valence-corrected chi connectivity index (χ4v) is 1.16. The maximum atomic E-state index is 11.3. The first kappa shape index (κ1) is 12.7. The molecule has 0 aliphatic heterocycles. The van der Waals surface area contributed by atoms with Crippen molar-refractivity contribution in [2.45, 2.75) is 33.3 Å². The van der Waals surface area contributed by atoms with E-state index in [9.17, 15) is 9.90 Å². The van der Waals surface area contributed by atoms with E-state index < -0.39 is 11.5 Å². The van der Waals surface area contributed by atoms with Crippen LogP contribution in [0.3, 0.4) is 0 Å². The molecule has 13 heavy (non-hydrogen) atoms. The summed E-state index contributed by atoms with van der Waals surface area (Å²) in [6, 6.07) is 0. The van der Waals surface area contributed by atoms with Crippen molar-refractivity contribution >= 4 is 17.6 Å². The van der Waals surface area contributed by atoms with E-state index in [0.29, 0.717) is 13.0 Å². The minimum atomic E-state index is -0.662. The van der Waals surface area contributed by atoms with Crippen LogP contribution < -0.4 is 0 Å². The lowest BCUT2D eigenvalue weighted by atomic mass is 9.87.